The van der Waals surface area contributed by atoms with Gasteiger partial charge in [-0.15, -0.1) is 0 Å². The molecule has 0 aliphatic carbocycles. The maximum Gasteiger partial charge on any atom is 0.193 e. The fourth-order valence-corrected chi connectivity index (χ4v) is 0.815. The number of hydrogen-bond donors (Lipinski definition) is 0. The molecule has 0 radical (unpaired) electrons. The fourth-order valence-electron chi connectivity index (χ4n) is 0.815. The summed E-state index contributed by atoms with van der Waals surface area (Å²) in [5, 5.41) is 0. The van der Waals surface area contributed by atoms with Crippen LogP contribution in [0.5, 0.6) is 0 Å². The van der Waals surface area contributed by atoms with Crippen molar-refractivity contribution in [1.82, 2.24) is 0 Å². The van der Waals surface area contributed by atoms with E-state index >= 15 is 0 Å². The lowest BCUT2D eigenvalue weighted by atomic mass is 10.1. The largest absolute Gasteiger partial charge is 0.289 e. The van der Waals surface area contributed by atoms with Crippen molar-refractivity contribution in [2.24, 2.45) is 0 Å². The van der Waals surface area contributed by atoms with Crippen LogP contribution < -0.4 is 0 Å². The third-order valence-corrected chi connectivity index (χ3v) is 1.42. The molecule has 0 aliphatic heterocycles. The minimum atomic E-state index is 0.585. The van der Waals surface area contributed by atoms with Gasteiger partial charge in [-0.2, -0.15) is 0 Å². The second-order valence-corrected chi connectivity index (χ2v) is 2.21. The number of hydrogen-bond acceptors (Lipinski definition) is 1. The maximum atomic E-state index is 9.91. The highest BCUT2D eigenvalue weighted by Crippen LogP contribution is 2.03. The van der Waals surface area contributed by atoms with Crippen molar-refractivity contribution in [2.45, 2.75) is 0 Å². The minimum absolute atomic E-state index is 0.585. The van der Waals surface area contributed by atoms with Gasteiger partial charge in [0, 0.05) is 5.56 Å². The zero-order valence-electron chi connectivity index (χ0n) is 6.58. The van der Waals surface area contributed by atoms with E-state index in [4.69, 9.17) is 0 Å². The van der Waals surface area contributed by atoms with Crippen molar-refractivity contribution in [3.05, 3.63) is 42.0 Å². The smallest absolute Gasteiger partial charge is 0.193 e. The van der Waals surface area contributed by atoms with Crippen molar-refractivity contribution in [1.29, 1.82) is 0 Å². The molecule has 0 spiro atoms. The number of rotatable bonds is 1. The molecular weight excluding hydrogens is 148 g/mol. The molecule has 1 heteroatoms. The molecule has 0 atom stereocenters. The topological polar surface area (TPSA) is 17.1 Å². The van der Waals surface area contributed by atoms with Crippen LogP contribution in [0, 0.1) is 11.8 Å². The lowest BCUT2D eigenvalue weighted by Gasteiger charge is -1.91. The number of carbonyl (C=O) groups is 1. The predicted octanol–water partition coefficient (Wildman–Crippen LogP) is 1.88. The molecule has 0 saturated carbocycles. The Kier molecular flexibility index (Phi) is 2.87. The minimum Gasteiger partial charge on any atom is -0.289 e. The first-order chi connectivity index (χ1) is 5.86. The second kappa shape index (κ2) is 4.15. The Balaban J connectivity index is 2.91. The van der Waals surface area contributed by atoms with Crippen LogP contribution in [-0.2, 0) is 4.79 Å². The fraction of sp³-hybridized carbons (Fsp3) is 0. The molecule has 0 heterocycles. The monoisotopic (exact) mass is 156 g/mol. The Morgan fingerprint density at radius 3 is 2.42 bits per heavy atom. The summed E-state index contributed by atoms with van der Waals surface area (Å²) in [6.07, 6.45) is 2.35. The Hall–Kier alpha value is -1.81. The van der Waals surface area contributed by atoms with Gasteiger partial charge < -0.3 is 0 Å². The summed E-state index contributed by atoms with van der Waals surface area (Å²) in [6, 6.07) is 7.52. The molecule has 0 aliphatic rings. The van der Waals surface area contributed by atoms with E-state index in [9.17, 15) is 4.79 Å². The van der Waals surface area contributed by atoms with E-state index in [2.05, 4.69) is 18.4 Å². The van der Waals surface area contributed by atoms with Crippen molar-refractivity contribution in [3.8, 4) is 11.8 Å². The van der Waals surface area contributed by atoms with Crippen LogP contribution in [0.4, 0.5) is 0 Å². The SMILES string of the molecule is C=Cc1ccc(C#CC=O)cc1. The van der Waals surface area contributed by atoms with Gasteiger partial charge >= 0.3 is 0 Å². The molecule has 0 fully saturated rings. The average molecular weight is 156 g/mol. The molecule has 1 nitrogen and oxygen atoms in total. The Morgan fingerprint density at radius 2 is 1.92 bits per heavy atom. The maximum absolute atomic E-state index is 9.91. The van der Waals surface area contributed by atoms with Crippen LogP contribution >= 0.6 is 0 Å². The van der Waals surface area contributed by atoms with Crippen LogP contribution in [0.3, 0.4) is 0 Å². The first-order valence-electron chi connectivity index (χ1n) is 3.54. The standard InChI is InChI=1S/C11H8O/c1-2-10-5-7-11(8-6-10)4-3-9-12/h2,5-9H,1H2. The van der Waals surface area contributed by atoms with Crippen LogP contribution in [0.2, 0.25) is 0 Å². The molecule has 0 unspecified atom stereocenters. The first kappa shape index (κ1) is 8.29. The molecule has 0 saturated heterocycles. The van der Waals surface area contributed by atoms with Gasteiger partial charge in [0.1, 0.15) is 0 Å². The van der Waals surface area contributed by atoms with Crippen molar-refractivity contribution < 1.29 is 4.79 Å². The number of aldehydes is 1. The number of carbonyl (C=O) groups excluding carboxylic acids is 1. The Morgan fingerprint density at radius 1 is 1.25 bits per heavy atom. The molecule has 12 heavy (non-hydrogen) atoms. The molecule has 0 N–H and O–H groups in total. The van der Waals surface area contributed by atoms with E-state index in [0.717, 1.165) is 11.1 Å². The van der Waals surface area contributed by atoms with Crippen molar-refractivity contribution >= 4 is 12.4 Å². The van der Waals surface area contributed by atoms with Crippen LogP contribution in [0.15, 0.2) is 30.8 Å². The van der Waals surface area contributed by atoms with Gasteiger partial charge in [0.15, 0.2) is 6.29 Å². The van der Waals surface area contributed by atoms with E-state index in [1.54, 1.807) is 6.08 Å². The molecular formula is C11H8O. The Bertz CT molecular complexity index is 336. The van der Waals surface area contributed by atoms with Crippen molar-refractivity contribution in [3.63, 3.8) is 0 Å². The summed E-state index contributed by atoms with van der Waals surface area (Å²) < 4.78 is 0. The van der Waals surface area contributed by atoms with Gasteiger partial charge in [-0.3, -0.25) is 4.79 Å². The van der Waals surface area contributed by atoms with Gasteiger partial charge in [-0.1, -0.05) is 30.7 Å². The molecule has 1 aromatic carbocycles. The number of benzene rings is 1. The van der Waals surface area contributed by atoms with Crippen molar-refractivity contribution in [2.75, 3.05) is 0 Å². The van der Waals surface area contributed by atoms with Crippen LogP contribution in [0.1, 0.15) is 11.1 Å². The highest BCUT2D eigenvalue weighted by atomic mass is 16.1. The Labute approximate surface area is 71.7 Å². The first-order valence-corrected chi connectivity index (χ1v) is 3.54. The van der Waals surface area contributed by atoms with Gasteiger partial charge in [0.05, 0.1) is 0 Å². The normalized spacial score (nSPS) is 8.00. The highest BCUT2D eigenvalue weighted by Gasteiger charge is 1.85. The highest BCUT2D eigenvalue weighted by molar-refractivity contribution is 5.74. The lowest BCUT2D eigenvalue weighted by molar-refractivity contribution is -0.103. The molecule has 0 amide bonds. The second-order valence-electron chi connectivity index (χ2n) is 2.21. The summed E-state index contributed by atoms with van der Waals surface area (Å²) in [6.45, 7) is 3.63. The van der Waals surface area contributed by atoms with E-state index in [1.807, 2.05) is 24.3 Å². The van der Waals surface area contributed by atoms with Crippen LogP contribution in [-0.4, -0.2) is 6.29 Å². The third-order valence-electron chi connectivity index (χ3n) is 1.42. The zero-order chi connectivity index (χ0) is 8.81. The quantitative estimate of drug-likeness (QED) is 0.448. The molecule has 58 valence electrons. The van der Waals surface area contributed by atoms with E-state index in [1.165, 1.54) is 0 Å². The van der Waals surface area contributed by atoms with Gasteiger partial charge in [0.25, 0.3) is 0 Å². The molecule has 1 aromatic rings. The zero-order valence-corrected chi connectivity index (χ0v) is 6.58. The molecule has 1 rings (SSSR count). The van der Waals surface area contributed by atoms with Gasteiger partial charge in [-0.25, -0.2) is 0 Å². The summed E-state index contributed by atoms with van der Waals surface area (Å²) in [5.74, 6) is 5.04. The summed E-state index contributed by atoms with van der Waals surface area (Å²) in [7, 11) is 0. The predicted molar refractivity (Wildman–Crippen MR) is 49.5 cm³/mol. The van der Waals surface area contributed by atoms with Gasteiger partial charge in [-0.05, 0) is 23.6 Å². The molecule has 0 aromatic heterocycles. The summed E-state index contributed by atoms with van der Waals surface area (Å²) >= 11 is 0. The summed E-state index contributed by atoms with van der Waals surface area (Å²) in [4.78, 5) is 9.91. The lowest BCUT2D eigenvalue weighted by Crippen LogP contribution is -1.75. The van der Waals surface area contributed by atoms with E-state index < -0.39 is 0 Å². The van der Waals surface area contributed by atoms with E-state index in [-0.39, 0.29) is 0 Å². The average Bonchev–Trinajstić information content (AvgIpc) is 2.15. The van der Waals surface area contributed by atoms with E-state index in [0.29, 0.717) is 6.29 Å². The summed E-state index contributed by atoms with van der Waals surface area (Å²) in [5.41, 5.74) is 1.89. The van der Waals surface area contributed by atoms with Crippen LogP contribution in [0.25, 0.3) is 6.08 Å². The molecule has 0 bridgehead atoms. The van der Waals surface area contributed by atoms with Gasteiger partial charge in [0.2, 0.25) is 0 Å². The third kappa shape index (κ3) is 2.10.